The van der Waals surface area contributed by atoms with Crippen LogP contribution in [0.5, 0.6) is 5.75 Å². The molecule has 0 unspecified atom stereocenters. The second-order valence-electron chi connectivity index (χ2n) is 6.71. The molecule has 16 heavy (non-hydrogen) atoms. The number of rotatable bonds is 0. The van der Waals surface area contributed by atoms with Gasteiger partial charge in [0.15, 0.2) is 0 Å². The Bertz CT molecular complexity index is 389. The van der Waals surface area contributed by atoms with Gasteiger partial charge in [-0.05, 0) is 34.9 Å². The normalized spacial score (nSPS) is 12.9. The highest BCUT2D eigenvalue weighted by Gasteiger charge is 2.28. The van der Waals surface area contributed by atoms with Gasteiger partial charge in [0.25, 0.3) is 0 Å². The summed E-state index contributed by atoms with van der Waals surface area (Å²) in [5.74, 6) is 0.428. The van der Waals surface area contributed by atoms with Crippen LogP contribution in [0.3, 0.4) is 0 Å². The van der Waals surface area contributed by atoms with E-state index < -0.39 is 0 Å². The predicted octanol–water partition coefficient (Wildman–Crippen LogP) is 4.30. The SMILES string of the molecule is Cc1cc(O)c(C(C)(C)C)c(C(C)(C)C)c1. The van der Waals surface area contributed by atoms with Crippen LogP contribution in [0.2, 0.25) is 0 Å². The minimum atomic E-state index is -0.0274. The first-order valence-corrected chi connectivity index (χ1v) is 5.88. The van der Waals surface area contributed by atoms with Crippen molar-refractivity contribution in [2.24, 2.45) is 0 Å². The van der Waals surface area contributed by atoms with Gasteiger partial charge in [0.05, 0.1) is 0 Å². The lowest BCUT2D eigenvalue weighted by Gasteiger charge is -2.31. The quantitative estimate of drug-likeness (QED) is 0.691. The van der Waals surface area contributed by atoms with Gasteiger partial charge in [-0.25, -0.2) is 0 Å². The maximum Gasteiger partial charge on any atom is 0.119 e. The molecule has 1 N–H and O–H groups in total. The van der Waals surface area contributed by atoms with Gasteiger partial charge >= 0.3 is 0 Å². The summed E-state index contributed by atoms with van der Waals surface area (Å²) in [7, 11) is 0. The molecule has 0 saturated heterocycles. The highest BCUT2D eigenvalue weighted by Crippen LogP contribution is 2.39. The second kappa shape index (κ2) is 3.80. The van der Waals surface area contributed by atoms with E-state index in [9.17, 15) is 5.11 Å². The summed E-state index contributed by atoms with van der Waals surface area (Å²) >= 11 is 0. The Kier molecular flexibility index (Phi) is 3.11. The number of aromatic hydroxyl groups is 1. The van der Waals surface area contributed by atoms with E-state index in [0.29, 0.717) is 5.75 Å². The van der Waals surface area contributed by atoms with Crippen LogP contribution in [0.4, 0.5) is 0 Å². The number of benzene rings is 1. The predicted molar refractivity (Wildman–Crippen MR) is 70.2 cm³/mol. The summed E-state index contributed by atoms with van der Waals surface area (Å²) in [5, 5.41) is 10.2. The molecule has 0 aliphatic carbocycles. The van der Waals surface area contributed by atoms with Gasteiger partial charge in [-0.3, -0.25) is 0 Å². The summed E-state index contributed by atoms with van der Waals surface area (Å²) in [4.78, 5) is 0. The first-order chi connectivity index (χ1) is 7.03. The Morgan fingerprint density at radius 1 is 0.875 bits per heavy atom. The molecule has 0 aromatic heterocycles. The first kappa shape index (κ1) is 13.1. The van der Waals surface area contributed by atoms with Gasteiger partial charge in [-0.2, -0.15) is 0 Å². The summed E-state index contributed by atoms with van der Waals surface area (Å²) in [5.41, 5.74) is 3.48. The van der Waals surface area contributed by atoms with Crippen LogP contribution in [0.25, 0.3) is 0 Å². The van der Waals surface area contributed by atoms with E-state index in [1.807, 2.05) is 13.0 Å². The number of phenols is 1. The van der Waals surface area contributed by atoms with Gasteiger partial charge in [0, 0.05) is 5.56 Å². The average Bonchev–Trinajstić information content (AvgIpc) is 1.97. The molecule has 90 valence electrons. The summed E-state index contributed by atoms with van der Waals surface area (Å²) in [6.07, 6.45) is 0. The zero-order valence-corrected chi connectivity index (χ0v) is 11.6. The Morgan fingerprint density at radius 3 is 1.75 bits per heavy atom. The molecule has 0 fully saturated rings. The highest BCUT2D eigenvalue weighted by atomic mass is 16.3. The summed E-state index contributed by atoms with van der Waals surface area (Å²) in [6.45, 7) is 15.0. The topological polar surface area (TPSA) is 20.2 Å². The monoisotopic (exact) mass is 220 g/mol. The maximum atomic E-state index is 10.2. The van der Waals surface area contributed by atoms with E-state index in [1.54, 1.807) is 0 Å². The average molecular weight is 220 g/mol. The van der Waals surface area contributed by atoms with Crippen molar-refractivity contribution in [2.75, 3.05) is 0 Å². The minimum absolute atomic E-state index is 0.0274. The van der Waals surface area contributed by atoms with Crippen LogP contribution in [0.1, 0.15) is 58.2 Å². The third kappa shape index (κ3) is 2.58. The fourth-order valence-electron chi connectivity index (χ4n) is 2.15. The third-order valence-electron chi connectivity index (χ3n) is 2.82. The molecule has 0 heterocycles. The molecule has 0 radical (unpaired) electrons. The third-order valence-corrected chi connectivity index (χ3v) is 2.82. The molecular formula is C15H24O. The maximum absolute atomic E-state index is 10.2. The summed E-state index contributed by atoms with van der Waals surface area (Å²) in [6, 6.07) is 4.05. The van der Waals surface area contributed by atoms with E-state index >= 15 is 0 Å². The Hall–Kier alpha value is -0.980. The molecule has 1 rings (SSSR count). The number of hydrogen-bond acceptors (Lipinski definition) is 1. The lowest BCUT2D eigenvalue weighted by atomic mass is 9.74. The van der Waals surface area contributed by atoms with Gasteiger partial charge in [-0.15, -0.1) is 0 Å². The van der Waals surface area contributed by atoms with Crippen LogP contribution >= 0.6 is 0 Å². The van der Waals surface area contributed by atoms with E-state index in [2.05, 4.69) is 47.6 Å². The molecule has 0 saturated carbocycles. The zero-order valence-electron chi connectivity index (χ0n) is 11.6. The first-order valence-electron chi connectivity index (χ1n) is 5.88. The van der Waals surface area contributed by atoms with Crippen LogP contribution in [-0.4, -0.2) is 5.11 Å². The molecule has 0 aliphatic heterocycles. The van der Waals surface area contributed by atoms with Gasteiger partial charge in [-0.1, -0.05) is 47.6 Å². The highest BCUT2D eigenvalue weighted by molar-refractivity contribution is 5.49. The molecular weight excluding hydrogens is 196 g/mol. The fourth-order valence-corrected chi connectivity index (χ4v) is 2.15. The van der Waals surface area contributed by atoms with Crippen molar-refractivity contribution < 1.29 is 5.11 Å². The minimum Gasteiger partial charge on any atom is -0.508 e. The molecule has 0 aliphatic rings. The number of aryl methyl sites for hydroxylation is 1. The van der Waals surface area contributed by atoms with Crippen LogP contribution in [0, 0.1) is 6.92 Å². The largest absolute Gasteiger partial charge is 0.508 e. The Balaban J connectivity index is 3.58. The second-order valence-corrected chi connectivity index (χ2v) is 6.71. The van der Waals surface area contributed by atoms with Gasteiger partial charge in [0.2, 0.25) is 0 Å². The van der Waals surface area contributed by atoms with Crippen LogP contribution < -0.4 is 0 Å². The lowest BCUT2D eigenvalue weighted by Crippen LogP contribution is -2.22. The van der Waals surface area contributed by atoms with Crippen molar-refractivity contribution in [3.05, 3.63) is 28.8 Å². The molecule has 0 amide bonds. The van der Waals surface area contributed by atoms with Crippen molar-refractivity contribution in [3.8, 4) is 5.75 Å². The van der Waals surface area contributed by atoms with Crippen molar-refractivity contribution >= 4 is 0 Å². The van der Waals surface area contributed by atoms with Crippen LogP contribution in [-0.2, 0) is 10.8 Å². The lowest BCUT2D eigenvalue weighted by molar-refractivity contribution is 0.435. The van der Waals surface area contributed by atoms with Crippen molar-refractivity contribution in [1.82, 2.24) is 0 Å². The molecule has 0 spiro atoms. The summed E-state index contributed by atoms with van der Waals surface area (Å²) < 4.78 is 0. The Labute approximate surface area is 99.5 Å². The van der Waals surface area contributed by atoms with E-state index in [4.69, 9.17) is 0 Å². The number of hydrogen-bond donors (Lipinski definition) is 1. The Morgan fingerprint density at radius 2 is 1.38 bits per heavy atom. The van der Waals surface area contributed by atoms with Gasteiger partial charge < -0.3 is 5.11 Å². The van der Waals surface area contributed by atoms with Gasteiger partial charge in [0.1, 0.15) is 5.75 Å². The fraction of sp³-hybridized carbons (Fsp3) is 0.600. The number of phenolic OH excluding ortho intramolecular Hbond substituents is 1. The molecule has 1 aromatic rings. The molecule has 0 atom stereocenters. The van der Waals surface area contributed by atoms with E-state index in [1.165, 1.54) is 5.56 Å². The molecule has 0 bridgehead atoms. The van der Waals surface area contributed by atoms with Crippen LogP contribution in [0.15, 0.2) is 12.1 Å². The van der Waals surface area contributed by atoms with E-state index in [0.717, 1.165) is 11.1 Å². The zero-order chi connectivity index (χ0) is 12.7. The molecule has 1 aromatic carbocycles. The van der Waals surface area contributed by atoms with Crippen molar-refractivity contribution in [1.29, 1.82) is 0 Å². The van der Waals surface area contributed by atoms with E-state index in [-0.39, 0.29) is 10.8 Å². The molecule has 1 nitrogen and oxygen atoms in total. The standard InChI is InChI=1S/C15H24O/c1-10-8-11(14(2,3)4)13(12(16)9-10)15(5,6)7/h8-9,16H,1-7H3. The molecule has 1 heteroatoms. The smallest absolute Gasteiger partial charge is 0.119 e. The van der Waals surface area contributed by atoms with Crippen molar-refractivity contribution in [3.63, 3.8) is 0 Å². The van der Waals surface area contributed by atoms with Crippen molar-refractivity contribution in [2.45, 2.75) is 59.3 Å².